The summed E-state index contributed by atoms with van der Waals surface area (Å²) in [5, 5.41) is 7.88. The van der Waals surface area contributed by atoms with Crippen LogP contribution in [0.5, 0.6) is 0 Å². The number of pyridine rings is 1. The monoisotopic (exact) mass is 434 g/mol. The van der Waals surface area contributed by atoms with Gasteiger partial charge in [-0.05, 0) is 50.3 Å². The molecule has 2 aliphatic heterocycles. The lowest BCUT2D eigenvalue weighted by atomic mass is 9.98. The van der Waals surface area contributed by atoms with Crippen molar-refractivity contribution in [3.05, 3.63) is 47.4 Å². The Morgan fingerprint density at radius 3 is 2.84 bits per heavy atom. The summed E-state index contributed by atoms with van der Waals surface area (Å²) >= 11 is 0. The number of halogens is 1. The van der Waals surface area contributed by atoms with E-state index < -0.39 is 5.82 Å². The Morgan fingerprint density at radius 2 is 2.03 bits per heavy atom. The molecule has 6 rings (SSSR count). The van der Waals surface area contributed by atoms with E-state index in [1.807, 2.05) is 4.90 Å². The standard InChI is InChI=1S/C24H23FN4O3/c25-16-6-2-1-5-14(16)17-11-15(21-22(13-8-9-13)28-32-24(21)27-17)23(31)26-18-12-20(30)29-10-4-3-7-19(18)29/h1-2,5-6,11,13,18-19H,3-4,7-10,12H2,(H,26,31). The molecule has 8 heteroatoms. The molecule has 0 bridgehead atoms. The van der Waals surface area contributed by atoms with Crippen molar-refractivity contribution in [2.75, 3.05) is 6.54 Å². The van der Waals surface area contributed by atoms with Crippen molar-refractivity contribution in [2.24, 2.45) is 0 Å². The molecular formula is C24H23FN4O3. The highest BCUT2D eigenvalue weighted by atomic mass is 19.1. The maximum absolute atomic E-state index is 14.5. The van der Waals surface area contributed by atoms with Gasteiger partial charge in [-0.25, -0.2) is 9.37 Å². The van der Waals surface area contributed by atoms with Crippen LogP contribution in [0.3, 0.4) is 0 Å². The van der Waals surface area contributed by atoms with Gasteiger partial charge in [0.25, 0.3) is 11.6 Å². The van der Waals surface area contributed by atoms with Crippen molar-refractivity contribution >= 4 is 22.9 Å². The zero-order chi connectivity index (χ0) is 21.8. The number of amides is 2. The minimum absolute atomic E-state index is 0.0361. The number of hydrogen-bond acceptors (Lipinski definition) is 5. The first kappa shape index (κ1) is 19.4. The van der Waals surface area contributed by atoms with Gasteiger partial charge in [0.15, 0.2) is 0 Å². The first-order valence-corrected chi connectivity index (χ1v) is 11.3. The molecule has 3 aliphatic rings. The quantitative estimate of drug-likeness (QED) is 0.675. The van der Waals surface area contributed by atoms with Gasteiger partial charge in [-0.3, -0.25) is 9.59 Å². The van der Waals surface area contributed by atoms with Gasteiger partial charge in [-0.1, -0.05) is 17.3 Å². The summed E-state index contributed by atoms with van der Waals surface area (Å²) in [5.74, 6) is -0.376. The van der Waals surface area contributed by atoms with Gasteiger partial charge < -0.3 is 14.7 Å². The van der Waals surface area contributed by atoms with Crippen LogP contribution >= 0.6 is 0 Å². The van der Waals surface area contributed by atoms with Crippen molar-refractivity contribution in [1.29, 1.82) is 0 Å². The molecule has 2 amide bonds. The average molecular weight is 434 g/mol. The van der Waals surface area contributed by atoms with Crippen LogP contribution in [-0.4, -0.2) is 45.5 Å². The molecule has 7 nitrogen and oxygen atoms in total. The maximum atomic E-state index is 14.5. The van der Waals surface area contributed by atoms with E-state index in [1.165, 1.54) is 6.07 Å². The van der Waals surface area contributed by atoms with E-state index in [2.05, 4.69) is 15.5 Å². The maximum Gasteiger partial charge on any atom is 0.259 e. The van der Waals surface area contributed by atoms with Crippen molar-refractivity contribution in [1.82, 2.24) is 20.4 Å². The molecule has 1 aliphatic carbocycles. The smallest absolute Gasteiger partial charge is 0.259 e. The van der Waals surface area contributed by atoms with Crippen LogP contribution in [0.25, 0.3) is 22.4 Å². The number of benzene rings is 1. The van der Waals surface area contributed by atoms with E-state index in [-0.39, 0.29) is 35.5 Å². The number of nitrogens with one attached hydrogen (secondary N) is 1. The Bertz CT molecular complexity index is 1240. The lowest BCUT2D eigenvalue weighted by molar-refractivity contribution is -0.129. The largest absolute Gasteiger partial charge is 0.347 e. The predicted octanol–water partition coefficient (Wildman–Crippen LogP) is 3.79. The molecule has 2 aromatic heterocycles. The Balaban J connectivity index is 1.41. The van der Waals surface area contributed by atoms with Crippen LogP contribution in [0.4, 0.5) is 4.39 Å². The lowest BCUT2D eigenvalue weighted by Gasteiger charge is -2.32. The zero-order valence-corrected chi connectivity index (χ0v) is 17.5. The first-order chi connectivity index (χ1) is 15.6. The fourth-order valence-electron chi connectivity index (χ4n) is 5.11. The van der Waals surface area contributed by atoms with E-state index in [9.17, 15) is 14.0 Å². The fraction of sp³-hybridized carbons (Fsp3) is 0.417. The van der Waals surface area contributed by atoms with Crippen LogP contribution in [-0.2, 0) is 4.79 Å². The Hall–Kier alpha value is -3.29. The van der Waals surface area contributed by atoms with Gasteiger partial charge >= 0.3 is 0 Å². The van der Waals surface area contributed by atoms with Crippen LogP contribution in [0.2, 0.25) is 0 Å². The highest BCUT2D eigenvalue weighted by Gasteiger charge is 2.42. The van der Waals surface area contributed by atoms with E-state index in [1.54, 1.807) is 24.3 Å². The molecule has 0 radical (unpaired) electrons. The Labute approximate surface area is 184 Å². The van der Waals surface area contributed by atoms with Gasteiger partial charge in [-0.15, -0.1) is 0 Å². The molecule has 0 spiro atoms. The minimum Gasteiger partial charge on any atom is -0.347 e. The van der Waals surface area contributed by atoms with Crippen molar-refractivity contribution in [2.45, 2.75) is 56.5 Å². The highest BCUT2D eigenvalue weighted by molar-refractivity contribution is 6.07. The third-order valence-electron chi connectivity index (χ3n) is 6.88. The second-order valence-corrected chi connectivity index (χ2v) is 8.99. The second-order valence-electron chi connectivity index (χ2n) is 8.99. The zero-order valence-electron chi connectivity index (χ0n) is 17.5. The molecule has 3 fully saturated rings. The molecule has 1 aromatic carbocycles. The van der Waals surface area contributed by atoms with E-state index in [0.717, 1.165) is 44.3 Å². The predicted molar refractivity (Wildman–Crippen MR) is 114 cm³/mol. The summed E-state index contributed by atoms with van der Waals surface area (Å²) in [7, 11) is 0. The molecule has 32 heavy (non-hydrogen) atoms. The summed E-state index contributed by atoms with van der Waals surface area (Å²) in [6.45, 7) is 0.754. The van der Waals surface area contributed by atoms with Gasteiger partial charge in [0.2, 0.25) is 5.91 Å². The normalized spacial score (nSPS) is 22.9. The van der Waals surface area contributed by atoms with Crippen LogP contribution in [0.15, 0.2) is 34.9 Å². The number of carbonyl (C=O) groups excluding carboxylic acids is 2. The SMILES string of the molecule is O=C(NC1CC(=O)N2CCCCC12)c1cc(-c2ccccc2F)nc2onc(C3CC3)c12. The van der Waals surface area contributed by atoms with Crippen molar-refractivity contribution < 1.29 is 18.5 Å². The summed E-state index contributed by atoms with van der Waals surface area (Å²) < 4.78 is 20.0. The summed E-state index contributed by atoms with van der Waals surface area (Å²) in [5.41, 5.74) is 1.96. The average Bonchev–Trinajstić information content (AvgIpc) is 3.48. The Kier molecular flexibility index (Phi) is 4.48. The number of hydrogen-bond donors (Lipinski definition) is 1. The van der Waals surface area contributed by atoms with Gasteiger partial charge in [0.1, 0.15) is 5.82 Å². The lowest BCUT2D eigenvalue weighted by Crippen LogP contribution is -2.47. The van der Waals surface area contributed by atoms with Crippen molar-refractivity contribution in [3.63, 3.8) is 0 Å². The van der Waals surface area contributed by atoms with Crippen LogP contribution in [0.1, 0.15) is 60.5 Å². The number of piperidine rings is 1. The first-order valence-electron chi connectivity index (χ1n) is 11.3. The number of nitrogens with zero attached hydrogens (tertiary/aromatic N) is 3. The van der Waals surface area contributed by atoms with Crippen LogP contribution < -0.4 is 5.32 Å². The van der Waals surface area contributed by atoms with Gasteiger partial charge in [-0.2, -0.15) is 0 Å². The topological polar surface area (TPSA) is 88.3 Å². The summed E-state index contributed by atoms with van der Waals surface area (Å²) in [4.78, 5) is 32.3. The summed E-state index contributed by atoms with van der Waals surface area (Å²) in [6.07, 6.45) is 5.24. The molecule has 1 N–H and O–H groups in total. The van der Waals surface area contributed by atoms with Crippen molar-refractivity contribution in [3.8, 4) is 11.3 Å². The molecule has 1 saturated carbocycles. The number of aromatic nitrogens is 2. The summed E-state index contributed by atoms with van der Waals surface area (Å²) in [6, 6.07) is 7.74. The number of rotatable bonds is 4. The molecule has 164 valence electrons. The van der Waals surface area contributed by atoms with Gasteiger partial charge in [0, 0.05) is 24.4 Å². The molecular weight excluding hydrogens is 411 g/mol. The van der Waals surface area contributed by atoms with Crippen LogP contribution in [0, 0.1) is 5.82 Å². The molecule has 3 aromatic rings. The highest BCUT2D eigenvalue weighted by Crippen LogP contribution is 2.43. The molecule has 4 heterocycles. The number of fused-ring (bicyclic) bond motifs is 2. The molecule has 2 atom stereocenters. The number of carbonyl (C=O) groups is 2. The minimum atomic E-state index is -0.424. The molecule has 2 saturated heterocycles. The van der Waals surface area contributed by atoms with E-state index in [4.69, 9.17) is 4.52 Å². The van der Waals surface area contributed by atoms with Gasteiger partial charge in [0.05, 0.1) is 34.4 Å². The van der Waals surface area contributed by atoms with E-state index in [0.29, 0.717) is 28.6 Å². The Morgan fingerprint density at radius 1 is 1.19 bits per heavy atom. The third-order valence-corrected chi connectivity index (χ3v) is 6.88. The fourth-order valence-corrected chi connectivity index (χ4v) is 5.11. The second kappa shape index (κ2) is 7.39. The third kappa shape index (κ3) is 3.16. The van der Waals surface area contributed by atoms with E-state index >= 15 is 0 Å². The molecule has 2 unspecified atom stereocenters.